The van der Waals surface area contributed by atoms with Crippen molar-refractivity contribution in [1.29, 1.82) is 0 Å². The summed E-state index contributed by atoms with van der Waals surface area (Å²) >= 11 is 0. The molecule has 0 aliphatic heterocycles. The molecule has 0 amide bonds. The van der Waals surface area contributed by atoms with E-state index in [4.69, 9.17) is 0 Å². The van der Waals surface area contributed by atoms with E-state index >= 15 is 0 Å². The highest BCUT2D eigenvalue weighted by atomic mass is 19.3. The van der Waals surface area contributed by atoms with E-state index in [9.17, 15) is 26.3 Å². The highest BCUT2D eigenvalue weighted by Crippen LogP contribution is 2.45. The molecular formula is C27H28F6. The summed E-state index contributed by atoms with van der Waals surface area (Å²) in [5.74, 6) is -3.55. The lowest BCUT2D eigenvalue weighted by Gasteiger charge is -2.37. The predicted molar refractivity (Wildman–Crippen MR) is 117 cm³/mol. The predicted octanol–water partition coefficient (Wildman–Crippen LogP) is 9.08. The maximum absolute atomic E-state index is 15.0. The van der Waals surface area contributed by atoms with Gasteiger partial charge in [0.15, 0.2) is 23.3 Å². The molecule has 0 saturated heterocycles. The van der Waals surface area contributed by atoms with Gasteiger partial charge in [0.2, 0.25) is 0 Å². The fourth-order valence-electron chi connectivity index (χ4n) is 5.80. The van der Waals surface area contributed by atoms with Crippen molar-refractivity contribution in [2.75, 3.05) is 0 Å². The molecule has 0 spiro atoms. The largest absolute Gasteiger partial charge is 0.266 e. The second-order valence-electron chi connectivity index (χ2n) is 9.63. The zero-order valence-electron chi connectivity index (χ0n) is 18.6. The molecule has 178 valence electrons. The van der Waals surface area contributed by atoms with E-state index in [1.807, 2.05) is 0 Å². The first-order valence-corrected chi connectivity index (χ1v) is 11.7. The third-order valence-electron chi connectivity index (χ3n) is 7.73. The molecule has 0 N–H and O–H groups in total. The summed E-state index contributed by atoms with van der Waals surface area (Å²) in [5, 5.41) is 0. The Labute approximate surface area is 190 Å². The molecule has 2 saturated carbocycles. The van der Waals surface area contributed by atoms with Crippen LogP contribution in [0.15, 0.2) is 36.4 Å². The molecule has 6 heteroatoms. The van der Waals surface area contributed by atoms with Crippen LogP contribution < -0.4 is 0 Å². The maximum Gasteiger partial charge on any atom is 0.266 e. The highest BCUT2D eigenvalue weighted by Gasteiger charge is 2.32. The van der Waals surface area contributed by atoms with Gasteiger partial charge in [-0.2, -0.15) is 8.78 Å². The number of halogens is 6. The summed E-state index contributed by atoms with van der Waals surface area (Å²) in [6.45, 7) is 1.41. The zero-order chi connectivity index (χ0) is 23.7. The number of benzene rings is 2. The molecule has 2 aliphatic carbocycles. The van der Waals surface area contributed by atoms with E-state index in [0.29, 0.717) is 11.8 Å². The summed E-state index contributed by atoms with van der Waals surface area (Å²) < 4.78 is 83.1. The first-order chi connectivity index (χ1) is 15.8. The molecule has 2 aliphatic rings. The topological polar surface area (TPSA) is 0 Å². The molecule has 2 aromatic carbocycles. The minimum absolute atomic E-state index is 0.0370. The second-order valence-corrected chi connectivity index (χ2v) is 9.63. The van der Waals surface area contributed by atoms with E-state index in [1.54, 1.807) is 0 Å². The Morgan fingerprint density at radius 2 is 1.18 bits per heavy atom. The van der Waals surface area contributed by atoms with Crippen LogP contribution in [-0.2, 0) is 0 Å². The fraction of sp³-hybridized carbons (Fsp3) is 0.481. The molecule has 0 radical (unpaired) electrons. The molecule has 0 nitrogen and oxygen atoms in total. The number of hydrogen-bond donors (Lipinski definition) is 0. The Kier molecular flexibility index (Phi) is 7.20. The fourth-order valence-corrected chi connectivity index (χ4v) is 5.80. The molecule has 0 heterocycles. The molecule has 33 heavy (non-hydrogen) atoms. The van der Waals surface area contributed by atoms with Crippen molar-refractivity contribution in [3.05, 3.63) is 70.8 Å². The number of hydrogen-bond acceptors (Lipinski definition) is 0. The minimum atomic E-state index is -1.60. The SMILES string of the molecule is Cc1ccc(-c2ccc(C3CCC(C4CCC(C=C(F)F)CC4)CC3)c(F)c2F)c(F)c1F. The van der Waals surface area contributed by atoms with Crippen LogP contribution in [0.4, 0.5) is 26.3 Å². The lowest BCUT2D eigenvalue weighted by Crippen LogP contribution is -2.25. The van der Waals surface area contributed by atoms with Crippen molar-refractivity contribution in [2.24, 2.45) is 17.8 Å². The first-order valence-electron chi connectivity index (χ1n) is 11.7. The van der Waals surface area contributed by atoms with Crippen LogP contribution in [0.3, 0.4) is 0 Å². The second kappa shape index (κ2) is 9.94. The third kappa shape index (κ3) is 4.99. The molecule has 2 aromatic rings. The monoisotopic (exact) mass is 466 g/mol. The molecule has 0 bridgehead atoms. The van der Waals surface area contributed by atoms with Gasteiger partial charge in [-0.05, 0) is 99.2 Å². The Hall–Kier alpha value is -2.24. The molecule has 2 fully saturated rings. The van der Waals surface area contributed by atoms with Crippen LogP contribution in [0.5, 0.6) is 0 Å². The molecule has 0 atom stereocenters. The average Bonchev–Trinajstić information content (AvgIpc) is 2.80. The standard InChI is InChI=1S/C27H28F6/c1-15-2-11-21(26(32)24(15)30)22-13-12-20(25(31)27(22)33)19-9-7-18(8-10-19)17-5-3-16(4-6-17)14-23(28)29/h2,11-14,16-19H,3-10H2,1H3. The summed E-state index contributed by atoms with van der Waals surface area (Å²) in [4.78, 5) is 0. The number of allylic oxidation sites excluding steroid dienone is 1. The minimum Gasteiger partial charge on any atom is -0.203 e. The van der Waals surface area contributed by atoms with Gasteiger partial charge < -0.3 is 0 Å². The lowest BCUT2D eigenvalue weighted by molar-refractivity contribution is 0.169. The average molecular weight is 467 g/mol. The lowest BCUT2D eigenvalue weighted by atomic mass is 9.68. The summed E-state index contributed by atoms with van der Waals surface area (Å²) in [6.07, 6.45) is 6.14. The Morgan fingerprint density at radius 3 is 1.76 bits per heavy atom. The summed E-state index contributed by atoms with van der Waals surface area (Å²) in [6, 6.07) is 5.45. The molecular weight excluding hydrogens is 438 g/mol. The maximum atomic E-state index is 15.0. The van der Waals surface area contributed by atoms with Gasteiger partial charge in [-0.3, -0.25) is 0 Å². The Morgan fingerprint density at radius 1 is 0.667 bits per heavy atom. The Balaban J connectivity index is 1.43. The van der Waals surface area contributed by atoms with E-state index in [2.05, 4.69) is 0 Å². The van der Waals surface area contributed by atoms with Crippen LogP contribution in [0.2, 0.25) is 0 Å². The van der Waals surface area contributed by atoms with Crippen molar-refractivity contribution in [3.8, 4) is 11.1 Å². The van der Waals surface area contributed by atoms with Crippen LogP contribution in [0.25, 0.3) is 11.1 Å². The van der Waals surface area contributed by atoms with Crippen LogP contribution >= 0.6 is 0 Å². The van der Waals surface area contributed by atoms with Gasteiger partial charge in [-0.25, -0.2) is 17.6 Å². The van der Waals surface area contributed by atoms with Crippen LogP contribution in [0.1, 0.15) is 68.4 Å². The smallest absolute Gasteiger partial charge is 0.203 e. The van der Waals surface area contributed by atoms with Gasteiger partial charge in [0.05, 0.1) is 0 Å². The van der Waals surface area contributed by atoms with Gasteiger partial charge >= 0.3 is 0 Å². The summed E-state index contributed by atoms with van der Waals surface area (Å²) in [7, 11) is 0. The number of aryl methyl sites for hydroxylation is 1. The van der Waals surface area contributed by atoms with Gasteiger partial charge in [0.1, 0.15) is 0 Å². The van der Waals surface area contributed by atoms with Crippen molar-refractivity contribution < 1.29 is 26.3 Å². The van der Waals surface area contributed by atoms with E-state index in [0.717, 1.165) is 57.4 Å². The van der Waals surface area contributed by atoms with Crippen molar-refractivity contribution in [1.82, 2.24) is 0 Å². The van der Waals surface area contributed by atoms with Crippen LogP contribution in [0, 0.1) is 47.9 Å². The van der Waals surface area contributed by atoms with Crippen molar-refractivity contribution >= 4 is 0 Å². The van der Waals surface area contributed by atoms with Gasteiger partial charge in [0.25, 0.3) is 6.08 Å². The van der Waals surface area contributed by atoms with E-state index in [1.165, 1.54) is 31.2 Å². The summed E-state index contributed by atoms with van der Waals surface area (Å²) in [5.41, 5.74) is -0.181. The van der Waals surface area contributed by atoms with Crippen molar-refractivity contribution in [2.45, 2.75) is 64.2 Å². The zero-order valence-corrected chi connectivity index (χ0v) is 18.6. The molecule has 0 unspecified atom stereocenters. The van der Waals surface area contributed by atoms with E-state index < -0.39 is 29.3 Å². The van der Waals surface area contributed by atoms with Gasteiger partial charge in [-0.15, -0.1) is 0 Å². The van der Waals surface area contributed by atoms with Gasteiger partial charge in [-0.1, -0.05) is 24.3 Å². The highest BCUT2D eigenvalue weighted by molar-refractivity contribution is 5.66. The normalized spacial score (nSPS) is 25.7. The van der Waals surface area contributed by atoms with Crippen LogP contribution in [-0.4, -0.2) is 0 Å². The quantitative estimate of drug-likeness (QED) is 0.394. The third-order valence-corrected chi connectivity index (χ3v) is 7.73. The van der Waals surface area contributed by atoms with Gasteiger partial charge in [0, 0.05) is 11.1 Å². The van der Waals surface area contributed by atoms with E-state index in [-0.39, 0.29) is 34.1 Å². The first kappa shape index (κ1) is 23.9. The molecule has 4 rings (SSSR count). The molecule has 0 aromatic heterocycles. The number of rotatable bonds is 4. The Bertz CT molecular complexity index is 1020. The van der Waals surface area contributed by atoms with Crippen molar-refractivity contribution in [3.63, 3.8) is 0 Å².